The quantitative estimate of drug-likeness (QED) is 0.553. The van der Waals surface area contributed by atoms with Crippen LogP contribution in [0.25, 0.3) is 22.4 Å². The number of fused-ring (bicyclic) bond motifs is 1. The zero-order valence-corrected chi connectivity index (χ0v) is 20.3. The molecule has 10 nitrogen and oxygen atoms in total. The summed E-state index contributed by atoms with van der Waals surface area (Å²) in [6.45, 7) is 6.33. The molecule has 0 unspecified atom stereocenters. The Labute approximate surface area is 193 Å². The normalized spacial score (nSPS) is 15.9. The number of aromatic amines is 1. The van der Waals surface area contributed by atoms with Crippen LogP contribution in [0.1, 0.15) is 26.0 Å². The highest BCUT2D eigenvalue weighted by Gasteiger charge is 2.31. The molecule has 0 amide bonds. The maximum atomic E-state index is 13.5. The van der Waals surface area contributed by atoms with E-state index < -0.39 is 10.0 Å². The summed E-state index contributed by atoms with van der Waals surface area (Å²) < 4.78 is 35.7. The molecule has 0 saturated carbocycles. The van der Waals surface area contributed by atoms with Gasteiger partial charge >= 0.3 is 0 Å². The number of hydrogen-bond donors (Lipinski definition) is 1. The van der Waals surface area contributed by atoms with Crippen LogP contribution >= 0.6 is 0 Å². The van der Waals surface area contributed by atoms with Crippen LogP contribution in [0.15, 0.2) is 27.9 Å². The van der Waals surface area contributed by atoms with Crippen LogP contribution in [0.4, 0.5) is 0 Å². The summed E-state index contributed by atoms with van der Waals surface area (Å²) in [4.78, 5) is 22.5. The summed E-state index contributed by atoms with van der Waals surface area (Å²) >= 11 is 0. The Kier molecular flexibility index (Phi) is 6.55. The Bertz CT molecular complexity index is 1320. The molecule has 0 spiro atoms. The molecular formula is C22H30N6O4S. The highest BCUT2D eigenvalue weighted by molar-refractivity contribution is 7.89. The van der Waals surface area contributed by atoms with Crippen molar-refractivity contribution in [2.24, 2.45) is 7.05 Å². The number of aromatic nitrogens is 4. The average Bonchev–Trinajstić information content (AvgIpc) is 3.10. The van der Waals surface area contributed by atoms with E-state index in [1.807, 2.05) is 20.9 Å². The third-order valence-electron chi connectivity index (χ3n) is 5.85. The standard InChI is InChI=1S/C22H30N6O4S/c1-5-7-16-19-20(27(4)25-16)22(29)24-21(23-19)15-8-9-17(32-6-2)18(14-15)33(30,31)28-12-10-26(3)11-13-28/h8-9,14H,5-7,10-13H2,1-4H3,(H,23,24,29). The molecule has 178 valence electrons. The monoisotopic (exact) mass is 474 g/mol. The minimum Gasteiger partial charge on any atom is -0.492 e. The predicted octanol–water partition coefficient (Wildman–Crippen LogP) is 1.61. The summed E-state index contributed by atoms with van der Waals surface area (Å²) in [5, 5.41) is 4.45. The van der Waals surface area contributed by atoms with Crippen LogP contribution in [0.3, 0.4) is 0 Å². The number of hydrogen-bond acceptors (Lipinski definition) is 7. The van der Waals surface area contributed by atoms with E-state index in [9.17, 15) is 13.2 Å². The molecule has 11 heteroatoms. The molecule has 4 rings (SSSR count). The fourth-order valence-corrected chi connectivity index (χ4v) is 5.67. The van der Waals surface area contributed by atoms with Gasteiger partial charge in [-0.3, -0.25) is 9.48 Å². The van der Waals surface area contributed by atoms with Gasteiger partial charge in [0.15, 0.2) is 5.52 Å². The molecule has 0 atom stereocenters. The van der Waals surface area contributed by atoms with Gasteiger partial charge in [-0.1, -0.05) is 13.3 Å². The fourth-order valence-electron chi connectivity index (χ4n) is 4.09. The van der Waals surface area contributed by atoms with Crippen LogP contribution in [0.5, 0.6) is 5.75 Å². The number of H-pyrrole nitrogens is 1. The van der Waals surface area contributed by atoms with Crippen molar-refractivity contribution in [3.63, 3.8) is 0 Å². The minimum absolute atomic E-state index is 0.0779. The number of nitrogens with one attached hydrogen (secondary N) is 1. The van der Waals surface area contributed by atoms with Gasteiger partial charge in [0, 0.05) is 38.8 Å². The maximum absolute atomic E-state index is 13.5. The topological polar surface area (TPSA) is 113 Å². The van der Waals surface area contributed by atoms with Crippen LogP contribution in [-0.2, 0) is 23.5 Å². The van der Waals surface area contributed by atoms with Crippen LogP contribution < -0.4 is 10.3 Å². The van der Waals surface area contributed by atoms with Crippen molar-refractivity contribution < 1.29 is 13.2 Å². The molecule has 3 aromatic rings. The van der Waals surface area contributed by atoms with Crippen molar-refractivity contribution in [1.29, 1.82) is 0 Å². The lowest BCUT2D eigenvalue weighted by Gasteiger charge is -2.32. The first-order valence-electron chi connectivity index (χ1n) is 11.2. The molecule has 1 aliphatic rings. The molecular weight excluding hydrogens is 444 g/mol. The first kappa shape index (κ1) is 23.4. The lowest BCUT2D eigenvalue weighted by molar-refractivity contribution is 0.222. The van der Waals surface area contributed by atoms with E-state index >= 15 is 0 Å². The molecule has 1 aromatic carbocycles. The molecule has 33 heavy (non-hydrogen) atoms. The largest absolute Gasteiger partial charge is 0.492 e. The van der Waals surface area contributed by atoms with Gasteiger partial charge in [-0.15, -0.1) is 0 Å². The number of benzene rings is 1. The number of likely N-dealkylation sites (N-methyl/N-ethyl adjacent to an activating group) is 1. The van der Waals surface area contributed by atoms with Gasteiger partial charge < -0.3 is 14.6 Å². The van der Waals surface area contributed by atoms with Crippen molar-refractivity contribution in [2.45, 2.75) is 31.6 Å². The maximum Gasteiger partial charge on any atom is 0.277 e. The summed E-state index contributed by atoms with van der Waals surface area (Å²) in [7, 11) is -0.0989. The second-order valence-electron chi connectivity index (χ2n) is 8.23. The third-order valence-corrected chi connectivity index (χ3v) is 7.77. The lowest BCUT2D eigenvalue weighted by Crippen LogP contribution is -2.47. The van der Waals surface area contributed by atoms with Crippen LogP contribution in [-0.4, -0.2) is 77.2 Å². The van der Waals surface area contributed by atoms with Crippen LogP contribution in [0, 0.1) is 0 Å². The summed E-state index contributed by atoms with van der Waals surface area (Å²) in [5.74, 6) is 0.590. The zero-order chi connectivity index (χ0) is 23.8. The van der Waals surface area contributed by atoms with E-state index in [2.05, 4.69) is 20.0 Å². The molecule has 1 N–H and O–H groups in total. The first-order chi connectivity index (χ1) is 15.8. The average molecular weight is 475 g/mol. The fraction of sp³-hybridized carbons (Fsp3) is 0.500. The highest BCUT2D eigenvalue weighted by Crippen LogP contribution is 2.32. The molecule has 0 aliphatic carbocycles. The molecule has 0 bridgehead atoms. The third kappa shape index (κ3) is 4.40. The Morgan fingerprint density at radius 2 is 1.85 bits per heavy atom. The van der Waals surface area contributed by atoms with E-state index in [0.717, 1.165) is 12.1 Å². The van der Waals surface area contributed by atoms with Crippen molar-refractivity contribution in [1.82, 2.24) is 29.0 Å². The number of nitrogens with zero attached hydrogens (tertiary/aromatic N) is 5. The summed E-state index contributed by atoms with van der Waals surface area (Å²) in [6.07, 6.45) is 1.56. The molecule has 1 fully saturated rings. The van der Waals surface area contributed by atoms with Crippen LogP contribution in [0.2, 0.25) is 0 Å². The zero-order valence-electron chi connectivity index (χ0n) is 19.5. The van der Waals surface area contributed by atoms with E-state index in [-0.39, 0.29) is 16.2 Å². The molecule has 1 aliphatic heterocycles. The smallest absolute Gasteiger partial charge is 0.277 e. The Morgan fingerprint density at radius 1 is 1.12 bits per heavy atom. The second kappa shape index (κ2) is 9.24. The van der Waals surface area contributed by atoms with Crippen molar-refractivity contribution in [2.75, 3.05) is 39.8 Å². The van der Waals surface area contributed by atoms with Gasteiger partial charge in [0.05, 0.1) is 12.3 Å². The van der Waals surface area contributed by atoms with Gasteiger partial charge in [0.2, 0.25) is 10.0 Å². The SMILES string of the molecule is CCCc1nn(C)c2c(=O)[nH]c(-c3ccc(OCC)c(S(=O)(=O)N4CCN(C)CC4)c3)nc12. The molecule has 3 heterocycles. The lowest BCUT2D eigenvalue weighted by atomic mass is 10.2. The van der Waals surface area contributed by atoms with E-state index in [1.54, 1.807) is 25.2 Å². The Balaban J connectivity index is 1.84. The predicted molar refractivity (Wildman–Crippen MR) is 126 cm³/mol. The molecule has 2 aromatic heterocycles. The Hall–Kier alpha value is -2.76. The number of aryl methyl sites for hydroxylation is 2. The van der Waals surface area contributed by atoms with Crippen molar-refractivity contribution >= 4 is 21.1 Å². The van der Waals surface area contributed by atoms with Crippen molar-refractivity contribution in [3.05, 3.63) is 34.2 Å². The number of piperazine rings is 1. The highest BCUT2D eigenvalue weighted by atomic mass is 32.2. The van der Waals surface area contributed by atoms with E-state index in [0.29, 0.717) is 61.6 Å². The minimum atomic E-state index is -3.79. The Morgan fingerprint density at radius 3 is 2.52 bits per heavy atom. The van der Waals surface area contributed by atoms with Gasteiger partial charge in [-0.05, 0) is 38.6 Å². The summed E-state index contributed by atoms with van der Waals surface area (Å²) in [6, 6.07) is 4.88. The van der Waals surface area contributed by atoms with E-state index in [4.69, 9.17) is 4.74 Å². The number of ether oxygens (including phenoxy) is 1. The van der Waals surface area contributed by atoms with Gasteiger partial charge in [0.25, 0.3) is 5.56 Å². The first-order valence-corrected chi connectivity index (χ1v) is 12.6. The van der Waals surface area contributed by atoms with Gasteiger partial charge in [0.1, 0.15) is 22.0 Å². The molecule has 0 radical (unpaired) electrons. The summed E-state index contributed by atoms with van der Waals surface area (Å²) in [5.41, 5.74) is 1.87. The van der Waals surface area contributed by atoms with Gasteiger partial charge in [-0.2, -0.15) is 9.40 Å². The van der Waals surface area contributed by atoms with E-state index in [1.165, 1.54) is 8.99 Å². The van der Waals surface area contributed by atoms with Gasteiger partial charge in [-0.25, -0.2) is 13.4 Å². The number of rotatable bonds is 7. The van der Waals surface area contributed by atoms with Crippen molar-refractivity contribution in [3.8, 4) is 17.1 Å². The molecule has 1 saturated heterocycles. The number of sulfonamides is 1. The second-order valence-corrected chi connectivity index (χ2v) is 10.1.